The molecule has 1 N–H and O–H groups in total. The number of aromatic nitrogens is 1. The van der Waals surface area contributed by atoms with Crippen LogP contribution < -0.4 is 5.32 Å². The largest absolute Gasteiger partial charge is 0.362 e. The molecule has 1 aromatic heterocycles. The van der Waals surface area contributed by atoms with Crippen molar-refractivity contribution in [1.82, 2.24) is 4.98 Å². The van der Waals surface area contributed by atoms with Crippen molar-refractivity contribution < 1.29 is 4.92 Å². The van der Waals surface area contributed by atoms with Crippen molar-refractivity contribution >= 4 is 11.5 Å². The van der Waals surface area contributed by atoms with Crippen LogP contribution in [0.4, 0.5) is 11.5 Å². The first-order valence-corrected chi connectivity index (χ1v) is 6.51. The Morgan fingerprint density at radius 2 is 2.14 bits per heavy atom. The molecule has 0 saturated carbocycles. The van der Waals surface area contributed by atoms with Crippen LogP contribution in [-0.4, -0.2) is 9.91 Å². The summed E-state index contributed by atoms with van der Waals surface area (Å²) in [4.78, 5) is 14.2. The van der Waals surface area contributed by atoms with Gasteiger partial charge in [0.2, 0.25) is 0 Å². The van der Waals surface area contributed by atoms with Gasteiger partial charge in [-0.1, -0.05) is 37.3 Å². The Morgan fingerprint density at radius 3 is 2.71 bits per heavy atom. The number of anilines is 1. The highest BCUT2D eigenvalue weighted by molar-refractivity contribution is 5.56. The number of rotatable bonds is 5. The number of nitrogens with one attached hydrogen (secondary N) is 1. The van der Waals surface area contributed by atoms with Crippen molar-refractivity contribution in [2.75, 3.05) is 5.32 Å². The molecule has 0 fully saturated rings. The molecule has 21 heavy (non-hydrogen) atoms. The Morgan fingerprint density at radius 1 is 1.43 bits per heavy atom. The summed E-state index contributed by atoms with van der Waals surface area (Å²) >= 11 is 0. The molecule has 6 heteroatoms. The Bertz CT molecular complexity index is 680. The zero-order chi connectivity index (χ0) is 15.2. The number of nitriles is 1. The summed E-state index contributed by atoms with van der Waals surface area (Å²) < 4.78 is 0. The van der Waals surface area contributed by atoms with Crippen molar-refractivity contribution in [2.45, 2.75) is 19.4 Å². The van der Waals surface area contributed by atoms with Gasteiger partial charge in [-0.2, -0.15) is 5.26 Å². The lowest BCUT2D eigenvalue weighted by molar-refractivity contribution is -0.385. The van der Waals surface area contributed by atoms with Gasteiger partial charge in [-0.05, 0) is 12.0 Å². The summed E-state index contributed by atoms with van der Waals surface area (Å²) in [5.74, 6) is 0.360. The molecular formula is C15H14N4O2. The van der Waals surface area contributed by atoms with Gasteiger partial charge < -0.3 is 5.32 Å². The molecule has 6 nitrogen and oxygen atoms in total. The minimum atomic E-state index is -0.563. The van der Waals surface area contributed by atoms with E-state index in [2.05, 4.69) is 10.3 Å². The van der Waals surface area contributed by atoms with E-state index < -0.39 is 4.92 Å². The Hall–Kier alpha value is -2.94. The second kappa shape index (κ2) is 6.48. The predicted molar refractivity (Wildman–Crippen MR) is 78.7 cm³/mol. The predicted octanol–water partition coefficient (Wildman–Crippen LogP) is 3.42. The summed E-state index contributed by atoms with van der Waals surface area (Å²) in [5.41, 5.74) is 1.05. The first kappa shape index (κ1) is 14.5. The second-order valence-corrected chi connectivity index (χ2v) is 4.47. The first-order chi connectivity index (χ1) is 10.2. The molecule has 0 saturated heterocycles. The van der Waals surface area contributed by atoms with Crippen molar-refractivity contribution in [3.05, 3.63) is 63.8 Å². The van der Waals surface area contributed by atoms with Crippen LogP contribution in [0.5, 0.6) is 0 Å². The Labute approximate surface area is 122 Å². The van der Waals surface area contributed by atoms with Crippen LogP contribution >= 0.6 is 0 Å². The minimum absolute atomic E-state index is 0.00717. The monoisotopic (exact) mass is 282 g/mol. The maximum Gasteiger partial charge on any atom is 0.289 e. The van der Waals surface area contributed by atoms with Crippen LogP contribution in [0.15, 0.2) is 42.6 Å². The van der Waals surface area contributed by atoms with Gasteiger partial charge in [0.15, 0.2) is 0 Å². The molecule has 106 valence electrons. The summed E-state index contributed by atoms with van der Waals surface area (Å²) in [6.45, 7) is 2.02. The molecule has 0 spiro atoms. The van der Waals surface area contributed by atoms with E-state index in [0.717, 1.165) is 18.2 Å². The zero-order valence-electron chi connectivity index (χ0n) is 11.5. The van der Waals surface area contributed by atoms with E-state index >= 15 is 0 Å². The molecule has 0 aliphatic carbocycles. The van der Waals surface area contributed by atoms with Gasteiger partial charge >= 0.3 is 0 Å². The minimum Gasteiger partial charge on any atom is -0.362 e. The molecule has 1 unspecified atom stereocenters. The van der Waals surface area contributed by atoms with Crippen LogP contribution in [0, 0.1) is 21.4 Å². The highest BCUT2D eigenvalue weighted by Crippen LogP contribution is 2.25. The fraction of sp³-hybridized carbons (Fsp3) is 0.200. The quantitative estimate of drug-likeness (QED) is 0.670. The van der Waals surface area contributed by atoms with Crippen molar-refractivity contribution in [2.24, 2.45) is 0 Å². The smallest absolute Gasteiger partial charge is 0.289 e. The molecule has 1 atom stereocenters. The van der Waals surface area contributed by atoms with Gasteiger partial charge in [-0.25, -0.2) is 4.98 Å². The van der Waals surface area contributed by atoms with E-state index in [-0.39, 0.29) is 17.3 Å². The molecule has 2 rings (SSSR count). The molecule has 2 aromatic rings. The van der Waals surface area contributed by atoms with Crippen molar-refractivity contribution in [3.63, 3.8) is 0 Å². The molecule has 0 amide bonds. The summed E-state index contributed by atoms with van der Waals surface area (Å²) in [6.07, 6.45) is 1.95. The molecule has 0 radical (unpaired) electrons. The maximum absolute atomic E-state index is 10.7. The van der Waals surface area contributed by atoms with Gasteiger partial charge in [0.1, 0.15) is 23.6 Å². The first-order valence-electron chi connectivity index (χ1n) is 6.51. The van der Waals surface area contributed by atoms with E-state index in [1.165, 1.54) is 6.07 Å². The summed E-state index contributed by atoms with van der Waals surface area (Å²) in [5, 5.41) is 23.0. The van der Waals surface area contributed by atoms with Crippen LogP contribution in [0.25, 0.3) is 0 Å². The van der Waals surface area contributed by atoms with Gasteiger partial charge in [0, 0.05) is 6.07 Å². The lowest BCUT2D eigenvalue weighted by Crippen LogP contribution is -2.12. The van der Waals surface area contributed by atoms with Crippen molar-refractivity contribution in [3.8, 4) is 6.07 Å². The SMILES string of the molecule is CCC(Nc1ncc([N+](=O)[O-])cc1C#N)c1ccccc1. The number of nitro groups is 1. The van der Waals surface area contributed by atoms with Crippen LogP contribution in [0.2, 0.25) is 0 Å². The standard InChI is InChI=1S/C15H14N4O2/c1-2-14(11-6-4-3-5-7-11)18-15-12(9-16)8-13(10-17-15)19(20)21/h3-8,10,14H,2H2,1H3,(H,17,18). The van der Waals surface area contributed by atoms with E-state index in [1.54, 1.807) is 0 Å². The fourth-order valence-corrected chi connectivity index (χ4v) is 2.03. The number of nitrogens with zero attached hydrogens (tertiary/aromatic N) is 3. The summed E-state index contributed by atoms with van der Waals surface area (Å²) in [6, 6.07) is 12.9. The Balaban J connectivity index is 2.30. The third-order valence-corrected chi connectivity index (χ3v) is 3.13. The number of hydrogen-bond acceptors (Lipinski definition) is 5. The zero-order valence-corrected chi connectivity index (χ0v) is 11.5. The van der Waals surface area contributed by atoms with Crippen molar-refractivity contribution in [1.29, 1.82) is 5.26 Å². The normalized spacial score (nSPS) is 11.4. The average molecular weight is 282 g/mol. The average Bonchev–Trinajstić information content (AvgIpc) is 2.53. The molecular weight excluding hydrogens is 268 g/mol. The molecule has 0 aliphatic heterocycles. The van der Waals surface area contributed by atoms with Crippen LogP contribution in [0.3, 0.4) is 0 Å². The van der Waals surface area contributed by atoms with E-state index in [1.807, 2.05) is 43.3 Å². The maximum atomic E-state index is 10.7. The number of pyridine rings is 1. The van der Waals surface area contributed by atoms with Gasteiger partial charge in [0.25, 0.3) is 5.69 Å². The highest BCUT2D eigenvalue weighted by atomic mass is 16.6. The Kier molecular flexibility index (Phi) is 4.46. The van der Waals surface area contributed by atoms with Crippen LogP contribution in [-0.2, 0) is 0 Å². The van der Waals surface area contributed by atoms with Gasteiger partial charge in [-0.15, -0.1) is 0 Å². The fourth-order valence-electron chi connectivity index (χ4n) is 2.03. The van der Waals surface area contributed by atoms with Gasteiger partial charge in [0.05, 0.1) is 11.0 Å². The lowest BCUT2D eigenvalue weighted by atomic mass is 10.0. The molecule has 1 heterocycles. The topological polar surface area (TPSA) is 91.8 Å². The van der Waals surface area contributed by atoms with E-state index in [4.69, 9.17) is 5.26 Å². The second-order valence-electron chi connectivity index (χ2n) is 4.47. The van der Waals surface area contributed by atoms with Gasteiger partial charge in [-0.3, -0.25) is 10.1 Å². The van der Waals surface area contributed by atoms with E-state index in [0.29, 0.717) is 5.82 Å². The highest BCUT2D eigenvalue weighted by Gasteiger charge is 2.15. The molecule has 1 aromatic carbocycles. The molecule has 0 bridgehead atoms. The number of hydrogen-bond donors (Lipinski definition) is 1. The van der Waals surface area contributed by atoms with E-state index in [9.17, 15) is 10.1 Å². The lowest BCUT2D eigenvalue weighted by Gasteiger charge is -2.18. The third kappa shape index (κ3) is 3.34. The molecule has 0 aliphatic rings. The number of benzene rings is 1. The van der Waals surface area contributed by atoms with Crippen LogP contribution in [0.1, 0.15) is 30.5 Å². The third-order valence-electron chi connectivity index (χ3n) is 3.13. The summed E-state index contributed by atoms with van der Waals surface area (Å²) in [7, 11) is 0.